The van der Waals surface area contributed by atoms with E-state index in [9.17, 15) is 0 Å². The Labute approximate surface area is 192 Å². The normalized spacial score (nSPS) is 23.5. The van der Waals surface area contributed by atoms with Crippen LogP contribution in [0.4, 0.5) is 0 Å². The first-order chi connectivity index (χ1) is 15.7. The fourth-order valence-electron chi connectivity index (χ4n) is 5.20. The number of pyridine rings is 1. The van der Waals surface area contributed by atoms with Gasteiger partial charge in [-0.2, -0.15) is 0 Å². The van der Waals surface area contributed by atoms with E-state index >= 15 is 0 Å². The van der Waals surface area contributed by atoms with Gasteiger partial charge in [-0.05, 0) is 56.2 Å². The topological polar surface area (TPSA) is 51.9 Å². The van der Waals surface area contributed by atoms with Crippen molar-refractivity contribution in [2.24, 2.45) is 4.99 Å². The quantitative estimate of drug-likeness (QED) is 0.552. The second kappa shape index (κ2) is 7.59. The summed E-state index contributed by atoms with van der Waals surface area (Å²) in [7, 11) is 0. The summed E-state index contributed by atoms with van der Waals surface area (Å²) < 4.78 is 13.5. The predicted molar refractivity (Wildman–Crippen MR) is 127 cm³/mol. The second-order valence-corrected chi connectivity index (χ2v) is 9.52. The summed E-state index contributed by atoms with van der Waals surface area (Å²) in [6.45, 7) is 6.94. The van der Waals surface area contributed by atoms with Gasteiger partial charge in [-0.15, -0.1) is 0 Å². The van der Waals surface area contributed by atoms with E-state index in [2.05, 4.69) is 60.6 Å². The molecule has 0 aliphatic carbocycles. The second-order valence-electron chi connectivity index (χ2n) is 8.54. The number of rotatable bonds is 4. The van der Waals surface area contributed by atoms with Crippen molar-refractivity contribution in [3.8, 4) is 17.2 Å². The molecule has 0 N–H and O–H groups in total. The first-order valence-corrected chi connectivity index (χ1v) is 12.1. The number of ether oxygens (including phenoxy) is 2. The molecule has 1 aromatic carbocycles. The van der Waals surface area contributed by atoms with Crippen LogP contribution in [0.3, 0.4) is 0 Å². The maximum absolute atomic E-state index is 5.63. The highest BCUT2D eigenvalue weighted by Gasteiger charge is 2.46. The number of hydrogen-bond donors (Lipinski definition) is 0. The lowest BCUT2D eigenvalue weighted by molar-refractivity contribution is 0.174. The third kappa shape index (κ3) is 2.94. The summed E-state index contributed by atoms with van der Waals surface area (Å²) in [5.41, 5.74) is 5.87. The number of hydrogen-bond acceptors (Lipinski definition) is 6. The van der Waals surface area contributed by atoms with Crippen LogP contribution >= 0.6 is 11.8 Å². The van der Waals surface area contributed by atoms with E-state index in [0.717, 1.165) is 40.2 Å². The third-order valence-corrected chi connectivity index (χ3v) is 7.86. The molecule has 3 atom stereocenters. The minimum atomic E-state index is -0.00115. The lowest BCUT2D eigenvalue weighted by Gasteiger charge is -2.32. The smallest absolute Gasteiger partial charge is 0.231 e. The van der Waals surface area contributed by atoms with Gasteiger partial charge in [0.15, 0.2) is 16.7 Å². The average molecular weight is 447 g/mol. The summed E-state index contributed by atoms with van der Waals surface area (Å²) in [6, 6.07) is 15.3. The van der Waals surface area contributed by atoms with Gasteiger partial charge in [0.25, 0.3) is 0 Å². The molecule has 6 rings (SSSR count). The maximum Gasteiger partial charge on any atom is 0.231 e. The minimum Gasteiger partial charge on any atom is -0.454 e. The summed E-state index contributed by atoms with van der Waals surface area (Å²) in [5, 5.41) is 1.16. The highest BCUT2D eigenvalue weighted by atomic mass is 32.2. The zero-order valence-electron chi connectivity index (χ0n) is 18.5. The van der Waals surface area contributed by atoms with Gasteiger partial charge in [-0.25, -0.2) is 0 Å². The van der Waals surface area contributed by atoms with Crippen LogP contribution in [-0.2, 0) is 0 Å². The Kier molecular flexibility index (Phi) is 4.68. The lowest BCUT2D eigenvalue weighted by Crippen LogP contribution is -2.35. The van der Waals surface area contributed by atoms with Gasteiger partial charge in [0.1, 0.15) is 6.04 Å². The molecule has 3 aromatic rings. The number of benzene rings is 1. The van der Waals surface area contributed by atoms with E-state index in [0.29, 0.717) is 6.04 Å². The first kappa shape index (κ1) is 19.7. The average Bonchev–Trinajstić information content (AvgIpc) is 3.57. The number of amidine groups is 1. The fourth-order valence-corrected chi connectivity index (χ4v) is 6.53. The number of nitrogens with zero attached hydrogens (tertiary/aromatic N) is 4. The molecule has 0 radical (unpaired) electrons. The predicted octanol–water partition coefficient (Wildman–Crippen LogP) is 5.20. The van der Waals surface area contributed by atoms with Gasteiger partial charge in [-0.3, -0.25) is 9.98 Å². The summed E-state index contributed by atoms with van der Waals surface area (Å²) in [6.07, 6.45) is 2.98. The number of fused-ring (bicyclic) bond motifs is 2. The zero-order chi connectivity index (χ0) is 21.8. The summed E-state index contributed by atoms with van der Waals surface area (Å²) >= 11 is 1.88. The SMILES string of the molecule is CC[C@H]1CSC2=N[C@H](c3ccccn3)[C@@H](c3cc(C)n(-c4ccc5c(c4)OCO5)c3C)N21. The van der Waals surface area contributed by atoms with E-state index in [1.165, 1.54) is 17.0 Å². The molecule has 1 saturated heterocycles. The first-order valence-electron chi connectivity index (χ1n) is 11.1. The van der Waals surface area contributed by atoms with Crippen molar-refractivity contribution in [2.75, 3.05) is 12.5 Å². The Morgan fingerprint density at radius 1 is 1.09 bits per heavy atom. The van der Waals surface area contributed by atoms with E-state index < -0.39 is 0 Å². The largest absolute Gasteiger partial charge is 0.454 e. The Balaban J connectivity index is 1.47. The molecule has 0 amide bonds. The van der Waals surface area contributed by atoms with Crippen LogP contribution in [0.2, 0.25) is 0 Å². The van der Waals surface area contributed by atoms with Crippen molar-refractivity contribution in [3.05, 3.63) is 71.3 Å². The van der Waals surface area contributed by atoms with Gasteiger partial charge >= 0.3 is 0 Å². The molecule has 0 unspecified atom stereocenters. The van der Waals surface area contributed by atoms with Crippen LogP contribution in [0.1, 0.15) is 48.1 Å². The molecule has 0 spiro atoms. The molecule has 164 valence electrons. The summed E-state index contributed by atoms with van der Waals surface area (Å²) in [4.78, 5) is 12.4. The molecule has 32 heavy (non-hydrogen) atoms. The number of aryl methyl sites for hydroxylation is 1. The van der Waals surface area contributed by atoms with Crippen LogP contribution in [0, 0.1) is 13.8 Å². The van der Waals surface area contributed by atoms with Crippen LogP contribution in [0.25, 0.3) is 5.69 Å². The van der Waals surface area contributed by atoms with Gasteiger partial charge < -0.3 is 18.9 Å². The van der Waals surface area contributed by atoms with Crippen molar-refractivity contribution >= 4 is 16.9 Å². The van der Waals surface area contributed by atoms with Crippen molar-refractivity contribution in [1.29, 1.82) is 0 Å². The Bertz CT molecular complexity index is 1210. The monoisotopic (exact) mass is 446 g/mol. The van der Waals surface area contributed by atoms with Gasteiger partial charge in [0, 0.05) is 41.1 Å². The minimum absolute atomic E-state index is 0.00115. The number of aliphatic imine (C=N–C) groups is 1. The van der Waals surface area contributed by atoms with Crippen molar-refractivity contribution < 1.29 is 9.47 Å². The highest BCUT2D eigenvalue weighted by Crippen LogP contribution is 2.50. The summed E-state index contributed by atoms with van der Waals surface area (Å²) in [5.74, 6) is 2.71. The lowest BCUT2D eigenvalue weighted by atomic mass is 9.95. The molecule has 6 nitrogen and oxygen atoms in total. The van der Waals surface area contributed by atoms with E-state index in [4.69, 9.17) is 19.5 Å². The van der Waals surface area contributed by atoms with Crippen LogP contribution < -0.4 is 9.47 Å². The standard InChI is InChI=1S/C25H26N4O2S/c1-4-17-13-32-25-27-23(20-7-5-6-10-26-20)24(29(17)25)19-11-15(2)28(16(19)3)18-8-9-21-22(12-18)31-14-30-21/h5-12,17,23-24H,4,13-14H2,1-3H3/t17-,23+,24+/m0/s1. The molecule has 3 aliphatic rings. The maximum atomic E-state index is 5.63. The van der Waals surface area contributed by atoms with Crippen molar-refractivity contribution in [2.45, 2.75) is 45.3 Å². The van der Waals surface area contributed by atoms with Gasteiger partial charge in [0.2, 0.25) is 6.79 Å². The fraction of sp³-hybridized carbons (Fsp3) is 0.360. The van der Waals surface area contributed by atoms with Crippen LogP contribution in [0.5, 0.6) is 11.5 Å². The molecule has 1 fully saturated rings. The molecule has 7 heteroatoms. The van der Waals surface area contributed by atoms with E-state index in [1.54, 1.807) is 0 Å². The Hall–Kier alpha value is -2.93. The molecule has 5 heterocycles. The van der Waals surface area contributed by atoms with Gasteiger partial charge in [-0.1, -0.05) is 24.8 Å². The Morgan fingerprint density at radius 3 is 2.78 bits per heavy atom. The number of aromatic nitrogens is 2. The molecule has 2 aromatic heterocycles. The number of thioether (sulfide) groups is 1. The van der Waals surface area contributed by atoms with Crippen LogP contribution in [0.15, 0.2) is 53.7 Å². The Morgan fingerprint density at radius 2 is 1.97 bits per heavy atom. The third-order valence-electron chi connectivity index (χ3n) is 6.73. The highest BCUT2D eigenvalue weighted by molar-refractivity contribution is 8.14. The molecular formula is C25H26N4O2S. The molecular weight excluding hydrogens is 420 g/mol. The molecule has 0 saturated carbocycles. The van der Waals surface area contributed by atoms with E-state index in [-0.39, 0.29) is 18.9 Å². The van der Waals surface area contributed by atoms with E-state index in [1.807, 2.05) is 30.1 Å². The molecule has 3 aliphatic heterocycles. The van der Waals surface area contributed by atoms with Crippen molar-refractivity contribution in [1.82, 2.24) is 14.5 Å². The molecule has 0 bridgehead atoms. The van der Waals surface area contributed by atoms with Crippen molar-refractivity contribution in [3.63, 3.8) is 0 Å². The van der Waals surface area contributed by atoms with Crippen LogP contribution in [-0.4, -0.2) is 38.2 Å². The van der Waals surface area contributed by atoms with Gasteiger partial charge in [0.05, 0.1) is 11.7 Å². The zero-order valence-corrected chi connectivity index (χ0v) is 19.3.